The largest absolute Gasteiger partial charge is 0.441 e. The van der Waals surface area contributed by atoms with E-state index in [-0.39, 0.29) is 23.4 Å². The van der Waals surface area contributed by atoms with Crippen molar-refractivity contribution in [1.82, 2.24) is 4.90 Å². The number of amides is 2. The molecular formula is C22H34BrNO7. The van der Waals surface area contributed by atoms with Crippen molar-refractivity contribution in [1.29, 1.82) is 0 Å². The van der Waals surface area contributed by atoms with Gasteiger partial charge in [0.2, 0.25) is 5.91 Å². The fraction of sp³-hybridized carbons (Fsp3) is 0.773. The van der Waals surface area contributed by atoms with Gasteiger partial charge in [0.15, 0.2) is 11.6 Å². The summed E-state index contributed by atoms with van der Waals surface area (Å²) in [5.74, 6) is -3.79. The number of aliphatic hydroxyl groups is 2. The average molecular weight is 504 g/mol. The van der Waals surface area contributed by atoms with E-state index < -0.39 is 47.2 Å². The van der Waals surface area contributed by atoms with Crippen LogP contribution in [0.3, 0.4) is 0 Å². The number of aliphatic hydroxyl groups excluding tert-OH is 1. The van der Waals surface area contributed by atoms with Gasteiger partial charge in [-0.05, 0) is 54.6 Å². The third-order valence-corrected chi connectivity index (χ3v) is 6.77. The van der Waals surface area contributed by atoms with Gasteiger partial charge >= 0.3 is 6.09 Å². The topological polar surface area (TPSA) is 113 Å². The van der Waals surface area contributed by atoms with Crippen molar-refractivity contribution in [2.45, 2.75) is 90.3 Å². The second-order valence-electron chi connectivity index (χ2n) is 9.26. The molecule has 4 unspecified atom stereocenters. The summed E-state index contributed by atoms with van der Waals surface area (Å²) in [5.41, 5.74) is -0.851. The van der Waals surface area contributed by atoms with Gasteiger partial charge < -0.3 is 19.7 Å². The number of ketones is 1. The lowest BCUT2D eigenvalue weighted by Gasteiger charge is -2.38. The Kier molecular flexibility index (Phi) is 8.46. The molecule has 31 heavy (non-hydrogen) atoms. The van der Waals surface area contributed by atoms with Crippen molar-refractivity contribution in [3.8, 4) is 0 Å². The number of unbranched alkanes of at least 4 members (excludes halogenated alkanes) is 3. The number of cyclic esters (lactones) is 1. The maximum absolute atomic E-state index is 13.3. The molecule has 176 valence electrons. The smallest absolute Gasteiger partial charge is 0.417 e. The summed E-state index contributed by atoms with van der Waals surface area (Å²) in [6.45, 7) is 8.95. The lowest BCUT2D eigenvalue weighted by Crippen LogP contribution is -2.54. The van der Waals surface area contributed by atoms with Gasteiger partial charge in [0.25, 0.3) is 0 Å². The number of hydrogen-bond donors (Lipinski definition) is 2. The molecule has 1 saturated heterocycles. The van der Waals surface area contributed by atoms with Crippen molar-refractivity contribution in [2.24, 2.45) is 11.8 Å². The predicted octanol–water partition coefficient (Wildman–Crippen LogP) is 3.28. The van der Waals surface area contributed by atoms with Crippen LogP contribution < -0.4 is 0 Å². The molecule has 1 fully saturated rings. The van der Waals surface area contributed by atoms with Crippen LogP contribution >= 0.6 is 15.9 Å². The van der Waals surface area contributed by atoms with Crippen molar-refractivity contribution in [3.05, 3.63) is 10.6 Å². The average Bonchev–Trinajstić information content (AvgIpc) is 2.92. The van der Waals surface area contributed by atoms with E-state index in [0.717, 1.165) is 17.7 Å². The maximum Gasteiger partial charge on any atom is 0.417 e. The first-order valence-corrected chi connectivity index (χ1v) is 11.6. The van der Waals surface area contributed by atoms with Crippen molar-refractivity contribution in [3.63, 3.8) is 0 Å². The van der Waals surface area contributed by atoms with Crippen molar-refractivity contribution >= 4 is 33.7 Å². The highest BCUT2D eigenvalue weighted by Crippen LogP contribution is 2.39. The zero-order chi connectivity index (χ0) is 23.6. The molecule has 2 heterocycles. The Hall–Kier alpha value is -1.29. The summed E-state index contributed by atoms with van der Waals surface area (Å²) in [4.78, 5) is 39.5. The Morgan fingerprint density at radius 1 is 1.19 bits per heavy atom. The summed E-state index contributed by atoms with van der Waals surface area (Å²) in [5, 5.41) is 19.9. The minimum absolute atomic E-state index is 0.0505. The van der Waals surface area contributed by atoms with Crippen LogP contribution in [0.4, 0.5) is 4.79 Å². The third-order valence-electron chi connectivity index (χ3n) is 5.92. The number of halogens is 1. The number of imide groups is 1. The van der Waals surface area contributed by atoms with Crippen LogP contribution in [0.1, 0.15) is 66.7 Å². The highest BCUT2D eigenvalue weighted by molar-refractivity contribution is 9.11. The van der Waals surface area contributed by atoms with E-state index in [9.17, 15) is 19.5 Å². The van der Waals surface area contributed by atoms with Crippen LogP contribution in [0, 0.1) is 11.8 Å². The summed E-state index contributed by atoms with van der Waals surface area (Å²) in [6, 6.07) is -0.485. The van der Waals surface area contributed by atoms with Gasteiger partial charge in [-0.25, -0.2) is 9.69 Å². The molecule has 0 bridgehead atoms. The van der Waals surface area contributed by atoms with Gasteiger partial charge in [0.05, 0.1) is 16.4 Å². The summed E-state index contributed by atoms with van der Waals surface area (Å²) >= 11 is 3.22. The van der Waals surface area contributed by atoms with Gasteiger partial charge in [0, 0.05) is 13.0 Å². The molecule has 9 heteroatoms. The Morgan fingerprint density at radius 3 is 2.39 bits per heavy atom. The number of hydrogen-bond acceptors (Lipinski definition) is 7. The van der Waals surface area contributed by atoms with Crippen molar-refractivity contribution < 1.29 is 34.1 Å². The molecule has 2 aliphatic heterocycles. The summed E-state index contributed by atoms with van der Waals surface area (Å²) in [7, 11) is 0. The molecule has 0 spiro atoms. The molecule has 2 amide bonds. The Balaban J connectivity index is 2.18. The molecule has 4 atom stereocenters. The van der Waals surface area contributed by atoms with Gasteiger partial charge in [-0.1, -0.05) is 33.6 Å². The van der Waals surface area contributed by atoms with Gasteiger partial charge in [-0.3, -0.25) is 9.59 Å². The Bertz CT molecular complexity index is 735. The SMILES string of the molecule is CC(C)C1N(C(=O)C(C)C2OC(O)(CCCCCCO)C(Br)=CC2=O)C(=O)OC1(C)C. The quantitative estimate of drug-likeness (QED) is 0.464. The van der Waals surface area contributed by atoms with E-state index in [1.165, 1.54) is 13.0 Å². The number of carbonyl (C=O) groups is 3. The number of ether oxygens (including phenoxy) is 2. The Labute approximate surface area is 192 Å². The Morgan fingerprint density at radius 2 is 1.81 bits per heavy atom. The molecule has 2 N–H and O–H groups in total. The van der Waals surface area contributed by atoms with E-state index in [1.54, 1.807) is 13.8 Å². The molecule has 0 aliphatic carbocycles. The minimum atomic E-state index is -1.73. The predicted molar refractivity (Wildman–Crippen MR) is 117 cm³/mol. The second-order valence-corrected chi connectivity index (χ2v) is 10.1. The fourth-order valence-corrected chi connectivity index (χ4v) is 4.95. The molecule has 0 aromatic carbocycles. The maximum atomic E-state index is 13.3. The number of rotatable bonds is 9. The molecule has 0 radical (unpaired) electrons. The van der Waals surface area contributed by atoms with Gasteiger partial charge in [-0.2, -0.15) is 0 Å². The first kappa shape index (κ1) is 26.0. The zero-order valence-electron chi connectivity index (χ0n) is 18.9. The second kappa shape index (κ2) is 10.1. The number of carbonyl (C=O) groups excluding carboxylic acids is 3. The molecular weight excluding hydrogens is 470 g/mol. The van der Waals surface area contributed by atoms with E-state index in [4.69, 9.17) is 14.6 Å². The van der Waals surface area contributed by atoms with E-state index in [0.29, 0.717) is 12.8 Å². The van der Waals surface area contributed by atoms with Crippen LogP contribution in [0.15, 0.2) is 10.6 Å². The lowest BCUT2D eigenvalue weighted by atomic mass is 9.87. The van der Waals surface area contributed by atoms with Crippen LogP contribution in [-0.2, 0) is 19.1 Å². The van der Waals surface area contributed by atoms with Gasteiger partial charge in [0.1, 0.15) is 11.7 Å². The van der Waals surface area contributed by atoms with Crippen LogP contribution in [-0.4, -0.2) is 63.0 Å². The third kappa shape index (κ3) is 5.56. The lowest BCUT2D eigenvalue weighted by molar-refractivity contribution is -0.217. The van der Waals surface area contributed by atoms with Crippen LogP contribution in [0.5, 0.6) is 0 Å². The van der Waals surface area contributed by atoms with Crippen LogP contribution in [0.25, 0.3) is 0 Å². The summed E-state index contributed by atoms with van der Waals surface area (Å²) in [6.07, 6.45) is 2.41. The highest BCUT2D eigenvalue weighted by atomic mass is 79.9. The minimum Gasteiger partial charge on any atom is -0.441 e. The molecule has 2 aliphatic rings. The summed E-state index contributed by atoms with van der Waals surface area (Å²) < 4.78 is 11.4. The van der Waals surface area contributed by atoms with E-state index in [2.05, 4.69) is 15.9 Å². The molecule has 8 nitrogen and oxygen atoms in total. The van der Waals surface area contributed by atoms with E-state index >= 15 is 0 Å². The first-order valence-electron chi connectivity index (χ1n) is 10.8. The molecule has 0 saturated carbocycles. The molecule has 0 aromatic rings. The van der Waals surface area contributed by atoms with E-state index in [1.807, 2.05) is 13.8 Å². The highest BCUT2D eigenvalue weighted by Gasteiger charge is 2.54. The van der Waals surface area contributed by atoms with Gasteiger partial charge in [-0.15, -0.1) is 0 Å². The zero-order valence-corrected chi connectivity index (χ0v) is 20.5. The molecule has 2 rings (SSSR count). The van der Waals surface area contributed by atoms with Crippen molar-refractivity contribution in [2.75, 3.05) is 6.61 Å². The molecule has 0 aromatic heterocycles. The standard InChI is InChI=1S/C22H34BrNO7/c1-13(2)18-21(4,5)31-20(28)24(18)19(27)14(3)17-15(26)12-16(23)22(29,30-17)10-8-6-7-9-11-25/h12-14,17-18,25,29H,6-11H2,1-5H3. The normalized spacial score (nSPS) is 29.2. The fourth-order valence-electron chi connectivity index (χ4n) is 4.44. The monoisotopic (exact) mass is 503 g/mol. The van der Waals surface area contributed by atoms with Crippen LogP contribution in [0.2, 0.25) is 0 Å². The first-order chi connectivity index (χ1) is 14.4. The number of nitrogens with zero attached hydrogens (tertiary/aromatic N) is 1.